The highest BCUT2D eigenvalue weighted by molar-refractivity contribution is 9.10. The predicted molar refractivity (Wildman–Crippen MR) is 86.4 cm³/mol. The van der Waals surface area contributed by atoms with Crippen LogP contribution in [0.5, 0.6) is 0 Å². The fourth-order valence-corrected chi connectivity index (χ4v) is 3.33. The van der Waals surface area contributed by atoms with Gasteiger partial charge in [0.1, 0.15) is 10.7 Å². The lowest BCUT2D eigenvalue weighted by Crippen LogP contribution is -1.95. The Balaban J connectivity index is 2.00. The fourth-order valence-electron chi connectivity index (χ4n) is 1.92. The summed E-state index contributed by atoms with van der Waals surface area (Å²) in [6.45, 7) is 0.538. The van der Waals surface area contributed by atoms with Gasteiger partial charge in [-0.25, -0.2) is 4.98 Å². The lowest BCUT2D eigenvalue weighted by Gasteiger charge is -2.01. The zero-order chi connectivity index (χ0) is 13.9. The van der Waals surface area contributed by atoms with Gasteiger partial charge in [-0.05, 0) is 39.7 Å². The van der Waals surface area contributed by atoms with Crippen molar-refractivity contribution in [3.63, 3.8) is 0 Å². The van der Waals surface area contributed by atoms with Crippen LogP contribution in [0, 0.1) is 0 Å². The van der Waals surface area contributed by atoms with E-state index in [1.165, 1.54) is 0 Å². The number of rotatable bonds is 3. The molecular weight excluding hydrogens is 334 g/mol. The minimum atomic E-state index is 0.538. The van der Waals surface area contributed by atoms with Crippen LogP contribution in [0.1, 0.15) is 5.56 Å². The van der Waals surface area contributed by atoms with Gasteiger partial charge in [0.15, 0.2) is 0 Å². The molecule has 0 atom stereocenters. The quantitative estimate of drug-likeness (QED) is 0.777. The molecule has 0 fully saturated rings. The average Bonchev–Trinajstić information content (AvgIpc) is 2.97. The van der Waals surface area contributed by atoms with E-state index in [1.807, 2.05) is 35.7 Å². The second-order valence-corrected chi connectivity index (χ2v) is 5.99. The summed E-state index contributed by atoms with van der Waals surface area (Å²) in [5, 5.41) is 2.96. The summed E-state index contributed by atoms with van der Waals surface area (Å²) >= 11 is 5.10. The highest BCUT2D eigenvalue weighted by atomic mass is 79.9. The summed E-state index contributed by atoms with van der Waals surface area (Å²) < 4.78 is 0.955. The van der Waals surface area contributed by atoms with Crippen LogP contribution >= 0.6 is 27.3 Å². The zero-order valence-electron chi connectivity index (χ0n) is 10.6. The molecule has 0 aliphatic heterocycles. The van der Waals surface area contributed by atoms with Crippen LogP contribution in [-0.2, 0) is 6.54 Å². The van der Waals surface area contributed by atoms with Gasteiger partial charge in [-0.2, -0.15) is 0 Å². The monoisotopic (exact) mass is 345 g/mol. The van der Waals surface area contributed by atoms with E-state index in [1.54, 1.807) is 17.5 Å². The third kappa shape index (κ3) is 2.65. The van der Waals surface area contributed by atoms with E-state index in [2.05, 4.69) is 32.0 Å². The number of pyridine rings is 1. The maximum absolute atomic E-state index is 5.68. The molecule has 0 aliphatic carbocycles. The minimum absolute atomic E-state index is 0.538. The highest BCUT2D eigenvalue weighted by Crippen LogP contribution is 2.31. The smallest absolute Gasteiger partial charge is 0.143 e. The lowest BCUT2D eigenvalue weighted by molar-refractivity contribution is 1.07. The lowest BCUT2D eigenvalue weighted by atomic mass is 10.1. The van der Waals surface area contributed by atoms with E-state index in [4.69, 9.17) is 5.73 Å². The second kappa shape index (κ2) is 5.83. The Morgan fingerprint density at radius 1 is 1.20 bits per heavy atom. The van der Waals surface area contributed by atoms with Crippen LogP contribution in [-0.4, -0.2) is 9.97 Å². The van der Waals surface area contributed by atoms with Crippen molar-refractivity contribution in [1.82, 2.24) is 9.97 Å². The van der Waals surface area contributed by atoms with Gasteiger partial charge in [-0.1, -0.05) is 18.2 Å². The van der Waals surface area contributed by atoms with Gasteiger partial charge in [0.05, 0.1) is 5.69 Å². The number of halogens is 1. The van der Waals surface area contributed by atoms with Gasteiger partial charge in [0.2, 0.25) is 0 Å². The summed E-state index contributed by atoms with van der Waals surface area (Å²) in [6, 6.07) is 12.0. The van der Waals surface area contributed by atoms with Gasteiger partial charge < -0.3 is 5.73 Å². The van der Waals surface area contributed by atoms with Crippen molar-refractivity contribution in [2.45, 2.75) is 6.54 Å². The van der Waals surface area contributed by atoms with E-state index in [0.29, 0.717) is 6.54 Å². The minimum Gasteiger partial charge on any atom is -0.326 e. The molecule has 2 N–H and O–H groups in total. The molecule has 0 spiro atoms. The standard InChI is InChI=1S/C15H12BrN3S/c16-12-5-2-6-18-14(12)15-19-13(9-20-15)11-4-1-3-10(7-11)8-17/h1-7,9H,8,17H2. The molecule has 0 saturated carbocycles. The van der Waals surface area contributed by atoms with Gasteiger partial charge in [0, 0.05) is 28.2 Å². The molecular formula is C15H12BrN3S. The molecule has 5 heteroatoms. The molecule has 1 aromatic carbocycles. The first-order valence-electron chi connectivity index (χ1n) is 6.14. The topological polar surface area (TPSA) is 51.8 Å². The van der Waals surface area contributed by atoms with Crippen LogP contribution in [0.15, 0.2) is 52.4 Å². The molecule has 0 unspecified atom stereocenters. The zero-order valence-corrected chi connectivity index (χ0v) is 13.0. The van der Waals surface area contributed by atoms with E-state index < -0.39 is 0 Å². The van der Waals surface area contributed by atoms with E-state index >= 15 is 0 Å². The number of benzene rings is 1. The number of hydrogen-bond donors (Lipinski definition) is 1. The van der Waals surface area contributed by atoms with Crippen molar-refractivity contribution >= 4 is 27.3 Å². The Bertz CT molecular complexity index is 739. The molecule has 3 aromatic rings. The molecule has 3 rings (SSSR count). The molecule has 0 aliphatic rings. The molecule has 2 aromatic heterocycles. The molecule has 0 amide bonds. The Morgan fingerprint density at radius 3 is 2.90 bits per heavy atom. The Labute approximate surface area is 129 Å². The first kappa shape index (κ1) is 13.4. The summed E-state index contributed by atoms with van der Waals surface area (Å²) in [4.78, 5) is 9.04. The van der Waals surface area contributed by atoms with Crippen LogP contribution in [0.4, 0.5) is 0 Å². The molecule has 3 nitrogen and oxygen atoms in total. The molecule has 0 bridgehead atoms. The maximum Gasteiger partial charge on any atom is 0.143 e. The molecule has 20 heavy (non-hydrogen) atoms. The van der Waals surface area contributed by atoms with Gasteiger partial charge in [-0.15, -0.1) is 11.3 Å². The van der Waals surface area contributed by atoms with Crippen molar-refractivity contribution in [2.75, 3.05) is 0 Å². The SMILES string of the molecule is NCc1cccc(-c2csc(-c3ncccc3Br)n2)c1. The molecule has 0 saturated heterocycles. The van der Waals surface area contributed by atoms with Crippen molar-refractivity contribution in [1.29, 1.82) is 0 Å². The molecule has 0 radical (unpaired) electrons. The molecule has 100 valence electrons. The number of nitrogens with zero attached hydrogens (tertiary/aromatic N) is 2. The maximum atomic E-state index is 5.68. The Hall–Kier alpha value is -1.56. The van der Waals surface area contributed by atoms with Crippen LogP contribution in [0.25, 0.3) is 22.0 Å². The van der Waals surface area contributed by atoms with Crippen LogP contribution in [0.2, 0.25) is 0 Å². The Morgan fingerprint density at radius 2 is 2.10 bits per heavy atom. The van der Waals surface area contributed by atoms with E-state index in [9.17, 15) is 0 Å². The first-order valence-corrected chi connectivity index (χ1v) is 7.81. The van der Waals surface area contributed by atoms with Crippen molar-refractivity contribution in [3.05, 3.63) is 58.0 Å². The summed E-state index contributed by atoms with van der Waals surface area (Å²) in [5.41, 5.74) is 9.70. The predicted octanol–water partition coefficient (Wildman–Crippen LogP) is 4.09. The van der Waals surface area contributed by atoms with E-state index in [0.717, 1.165) is 32.0 Å². The van der Waals surface area contributed by atoms with E-state index in [-0.39, 0.29) is 0 Å². The third-order valence-electron chi connectivity index (χ3n) is 2.92. The highest BCUT2D eigenvalue weighted by Gasteiger charge is 2.10. The van der Waals surface area contributed by atoms with Gasteiger partial charge >= 0.3 is 0 Å². The third-order valence-corrected chi connectivity index (χ3v) is 4.41. The van der Waals surface area contributed by atoms with Crippen LogP contribution < -0.4 is 5.73 Å². The number of thiazole rings is 1. The summed E-state index contributed by atoms with van der Waals surface area (Å²) in [5.74, 6) is 0. The first-order chi connectivity index (χ1) is 9.78. The fraction of sp³-hybridized carbons (Fsp3) is 0.0667. The van der Waals surface area contributed by atoms with Crippen molar-refractivity contribution in [2.24, 2.45) is 5.73 Å². The number of aromatic nitrogens is 2. The second-order valence-electron chi connectivity index (χ2n) is 4.28. The largest absolute Gasteiger partial charge is 0.326 e. The summed E-state index contributed by atoms with van der Waals surface area (Å²) in [6.07, 6.45) is 1.77. The van der Waals surface area contributed by atoms with Crippen LogP contribution in [0.3, 0.4) is 0 Å². The van der Waals surface area contributed by atoms with Gasteiger partial charge in [-0.3, -0.25) is 4.98 Å². The van der Waals surface area contributed by atoms with Crippen molar-refractivity contribution in [3.8, 4) is 22.0 Å². The number of hydrogen-bond acceptors (Lipinski definition) is 4. The average molecular weight is 346 g/mol. The summed E-state index contributed by atoms with van der Waals surface area (Å²) in [7, 11) is 0. The normalized spacial score (nSPS) is 10.7. The number of nitrogens with two attached hydrogens (primary N) is 1. The van der Waals surface area contributed by atoms with Crippen molar-refractivity contribution < 1.29 is 0 Å². The Kier molecular flexibility index (Phi) is 3.91. The molecule has 2 heterocycles. The van der Waals surface area contributed by atoms with Gasteiger partial charge in [0.25, 0.3) is 0 Å².